The van der Waals surface area contributed by atoms with E-state index < -0.39 is 0 Å². The summed E-state index contributed by atoms with van der Waals surface area (Å²) >= 11 is 3.44. The molecule has 2 aromatic carbocycles. The Morgan fingerprint density at radius 1 is 1.10 bits per heavy atom. The molecule has 0 spiro atoms. The van der Waals surface area contributed by atoms with Crippen LogP contribution in [0.1, 0.15) is 11.1 Å². The number of anilines is 3. The van der Waals surface area contributed by atoms with Crippen molar-refractivity contribution in [2.45, 2.75) is 13.8 Å². The predicted octanol–water partition coefficient (Wildman–Crippen LogP) is 4.16. The number of rotatable bonds is 1. The molecule has 0 fully saturated rings. The molecule has 20 heavy (non-hydrogen) atoms. The molecular formula is C16H15BrN2O. The van der Waals surface area contributed by atoms with E-state index in [9.17, 15) is 4.79 Å². The first-order valence-electron chi connectivity index (χ1n) is 6.49. The zero-order valence-electron chi connectivity index (χ0n) is 11.4. The smallest absolute Gasteiger partial charge is 0.244 e. The van der Waals surface area contributed by atoms with Crippen molar-refractivity contribution in [2.75, 3.05) is 16.8 Å². The fourth-order valence-electron chi connectivity index (χ4n) is 2.49. The van der Waals surface area contributed by atoms with Gasteiger partial charge in [-0.2, -0.15) is 0 Å². The molecule has 1 heterocycles. The number of carbonyl (C=O) groups is 1. The topological polar surface area (TPSA) is 32.3 Å². The first-order chi connectivity index (χ1) is 9.54. The molecule has 1 aliphatic heterocycles. The number of fused-ring (bicyclic) bond motifs is 1. The number of hydrogen-bond acceptors (Lipinski definition) is 2. The number of halogens is 1. The van der Waals surface area contributed by atoms with E-state index in [0.717, 1.165) is 21.5 Å². The summed E-state index contributed by atoms with van der Waals surface area (Å²) in [6.45, 7) is 4.48. The minimum Gasteiger partial charge on any atom is -0.330 e. The molecule has 0 bridgehead atoms. The summed E-state index contributed by atoms with van der Waals surface area (Å²) in [5.41, 5.74) is 5.32. The van der Waals surface area contributed by atoms with Crippen LogP contribution in [0.4, 0.5) is 17.1 Å². The number of amides is 1. The standard InChI is InChI=1S/C16H15BrN2O/c1-10-3-4-11(2)15(7-10)19-9-16(20)18-13-8-12(17)5-6-14(13)19/h3-8H,9H2,1-2H3,(H,18,20). The third kappa shape index (κ3) is 2.31. The van der Waals surface area contributed by atoms with Gasteiger partial charge in [0.1, 0.15) is 6.54 Å². The molecule has 1 N–H and O–H groups in total. The minimum absolute atomic E-state index is 0.0107. The van der Waals surface area contributed by atoms with Gasteiger partial charge in [0.05, 0.1) is 11.4 Å². The molecule has 0 aliphatic carbocycles. The lowest BCUT2D eigenvalue weighted by Gasteiger charge is -2.32. The van der Waals surface area contributed by atoms with Crippen molar-refractivity contribution >= 4 is 38.9 Å². The number of nitrogens with one attached hydrogen (secondary N) is 1. The molecule has 4 heteroatoms. The minimum atomic E-state index is 0.0107. The van der Waals surface area contributed by atoms with Gasteiger partial charge in [0.25, 0.3) is 0 Å². The van der Waals surface area contributed by atoms with E-state index in [-0.39, 0.29) is 5.91 Å². The van der Waals surface area contributed by atoms with Gasteiger partial charge in [-0.05, 0) is 49.2 Å². The maximum absolute atomic E-state index is 11.9. The van der Waals surface area contributed by atoms with Crippen molar-refractivity contribution in [3.05, 3.63) is 52.0 Å². The maximum atomic E-state index is 11.9. The quantitative estimate of drug-likeness (QED) is 0.851. The van der Waals surface area contributed by atoms with E-state index in [1.807, 2.05) is 18.2 Å². The van der Waals surface area contributed by atoms with Gasteiger partial charge in [0.2, 0.25) is 5.91 Å². The summed E-state index contributed by atoms with van der Waals surface area (Å²) in [5, 5.41) is 2.92. The SMILES string of the molecule is Cc1ccc(C)c(N2CC(=O)Nc3cc(Br)ccc32)c1. The predicted molar refractivity (Wildman–Crippen MR) is 85.7 cm³/mol. The van der Waals surface area contributed by atoms with Crippen LogP contribution in [0.2, 0.25) is 0 Å². The molecule has 0 saturated heterocycles. The highest BCUT2D eigenvalue weighted by atomic mass is 79.9. The second-order valence-electron chi connectivity index (χ2n) is 5.09. The molecule has 0 radical (unpaired) electrons. The van der Waals surface area contributed by atoms with E-state index in [4.69, 9.17) is 0 Å². The van der Waals surface area contributed by atoms with Crippen molar-refractivity contribution in [1.82, 2.24) is 0 Å². The molecule has 1 amide bonds. The Hall–Kier alpha value is -1.81. The lowest BCUT2D eigenvalue weighted by molar-refractivity contribution is -0.115. The largest absolute Gasteiger partial charge is 0.330 e. The number of nitrogens with zero attached hydrogens (tertiary/aromatic N) is 1. The molecule has 2 aromatic rings. The van der Waals surface area contributed by atoms with Crippen LogP contribution in [-0.2, 0) is 4.79 Å². The monoisotopic (exact) mass is 330 g/mol. The summed E-state index contributed by atoms with van der Waals surface area (Å²) in [4.78, 5) is 14.0. The summed E-state index contributed by atoms with van der Waals surface area (Å²) in [5.74, 6) is 0.0107. The second-order valence-corrected chi connectivity index (χ2v) is 6.00. The van der Waals surface area contributed by atoms with Crippen LogP contribution in [0.3, 0.4) is 0 Å². The molecule has 0 aromatic heterocycles. The highest BCUT2D eigenvalue weighted by molar-refractivity contribution is 9.10. The Labute approximate surface area is 126 Å². The summed E-state index contributed by atoms with van der Waals surface area (Å²) in [7, 11) is 0. The van der Waals surface area contributed by atoms with Crippen molar-refractivity contribution < 1.29 is 4.79 Å². The van der Waals surface area contributed by atoms with Gasteiger partial charge < -0.3 is 10.2 Å². The Morgan fingerprint density at radius 2 is 1.90 bits per heavy atom. The van der Waals surface area contributed by atoms with Crippen LogP contribution < -0.4 is 10.2 Å². The fraction of sp³-hybridized carbons (Fsp3) is 0.188. The van der Waals surface area contributed by atoms with Crippen LogP contribution in [0.15, 0.2) is 40.9 Å². The lowest BCUT2D eigenvalue weighted by atomic mass is 10.1. The van der Waals surface area contributed by atoms with Crippen molar-refractivity contribution in [3.8, 4) is 0 Å². The van der Waals surface area contributed by atoms with Crippen LogP contribution in [0.25, 0.3) is 0 Å². The van der Waals surface area contributed by atoms with Crippen molar-refractivity contribution in [3.63, 3.8) is 0 Å². The average Bonchev–Trinajstić information content (AvgIpc) is 2.40. The number of hydrogen-bond donors (Lipinski definition) is 1. The van der Waals surface area contributed by atoms with E-state index in [2.05, 4.69) is 58.2 Å². The maximum Gasteiger partial charge on any atom is 0.244 e. The van der Waals surface area contributed by atoms with Gasteiger partial charge in [-0.1, -0.05) is 28.1 Å². The van der Waals surface area contributed by atoms with Gasteiger partial charge >= 0.3 is 0 Å². The molecule has 3 nitrogen and oxygen atoms in total. The number of benzene rings is 2. The molecule has 102 valence electrons. The van der Waals surface area contributed by atoms with Gasteiger partial charge in [-0.15, -0.1) is 0 Å². The molecule has 1 aliphatic rings. The molecule has 0 atom stereocenters. The van der Waals surface area contributed by atoms with Gasteiger partial charge in [0, 0.05) is 10.2 Å². The van der Waals surface area contributed by atoms with Crippen molar-refractivity contribution in [2.24, 2.45) is 0 Å². The molecular weight excluding hydrogens is 316 g/mol. The van der Waals surface area contributed by atoms with Crippen molar-refractivity contribution in [1.29, 1.82) is 0 Å². The van der Waals surface area contributed by atoms with E-state index in [1.54, 1.807) is 0 Å². The van der Waals surface area contributed by atoms with E-state index >= 15 is 0 Å². The normalized spacial score (nSPS) is 13.9. The zero-order chi connectivity index (χ0) is 14.3. The third-order valence-electron chi connectivity index (χ3n) is 3.48. The van der Waals surface area contributed by atoms with Gasteiger partial charge in [-0.3, -0.25) is 4.79 Å². The Balaban J connectivity index is 2.15. The van der Waals surface area contributed by atoms with E-state index in [0.29, 0.717) is 6.54 Å². The number of aryl methyl sites for hydroxylation is 2. The zero-order valence-corrected chi connectivity index (χ0v) is 13.0. The third-order valence-corrected chi connectivity index (χ3v) is 3.97. The summed E-state index contributed by atoms with van der Waals surface area (Å²) in [6.07, 6.45) is 0. The second kappa shape index (κ2) is 4.94. The lowest BCUT2D eigenvalue weighted by Crippen LogP contribution is -2.35. The van der Waals surface area contributed by atoms with E-state index in [1.165, 1.54) is 11.1 Å². The van der Waals surface area contributed by atoms with Crippen LogP contribution in [0, 0.1) is 13.8 Å². The first-order valence-corrected chi connectivity index (χ1v) is 7.28. The molecule has 0 unspecified atom stereocenters. The average molecular weight is 331 g/mol. The molecule has 0 saturated carbocycles. The van der Waals surface area contributed by atoms with Gasteiger partial charge in [0.15, 0.2) is 0 Å². The summed E-state index contributed by atoms with van der Waals surface area (Å²) in [6, 6.07) is 12.3. The Bertz CT molecular complexity index is 697. The highest BCUT2D eigenvalue weighted by Crippen LogP contribution is 2.38. The summed E-state index contributed by atoms with van der Waals surface area (Å²) < 4.78 is 0.958. The molecule has 3 rings (SSSR count). The van der Waals surface area contributed by atoms with Gasteiger partial charge in [-0.25, -0.2) is 0 Å². The van der Waals surface area contributed by atoms with Crippen LogP contribution in [-0.4, -0.2) is 12.5 Å². The number of carbonyl (C=O) groups excluding carboxylic acids is 1. The van der Waals surface area contributed by atoms with Crippen LogP contribution in [0.5, 0.6) is 0 Å². The first kappa shape index (κ1) is 13.2. The fourth-order valence-corrected chi connectivity index (χ4v) is 2.85. The Kier molecular flexibility index (Phi) is 3.26. The highest BCUT2D eigenvalue weighted by Gasteiger charge is 2.24. The Morgan fingerprint density at radius 3 is 2.70 bits per heavy atom. The van der Waals surface area contributed by atoms with Crippen LogP contribution >= 0.6 is 15.9 Å².